The molecule has 0 aliphatic carbocycles. The first-order chi connectivity index (χ1) is 14.5. The van der Waals surface area contributed by atoms with E-state index >= 15 is 0 Å². The Morgan fingerprint density at radius 3 is 2.67 bits per heavy atom. The Kier molecular flexibility index (Phi) is 5.87. The van der Waals surface area contributed by atoms with Gasteiger partial charge in [0.1, 0.15) is 5.82 Å². The third-order valence-corrected chi connectivity index (χ3v) is 5.36. The van der Waals surface area contributed by atoms with Crippen LogP contribution in [0.2, 0.25) is 5.02 Å². The van der Waals surface area contributed by atoms with Gasteiger partial charge in [-0.25, -0.2) is 4.68 Å². The number of aryl methyl sites for hydroxylation is 2. The molecule has 2 aromatic carbocycles. The molecule has 4 aromatic rings. The fourth-order valence-electron chi connectivity index (χ4n) is 2.79. The summed E-state index contributed by atoms with van der Waals surface area (Å²) in [4.78, 5) is 12.5. The summed E-state index contributed by atoms with van der Waals surface area (Å²) in [6, 6.07) is 17.0. The van der Waals surface area contributed by atoms with Gasteiger partial charge in [0.25, 0.3) is 5.22 Å². The Hall–Kier alpha value is -3.10. The van der Waals surface area contributed by atoms with Gasteiger partial charge in [-0.15, -0.1) is 10.2 Å². The number of carbonyl (C=O) groups excluding carboxylic acids is 1. The van der Waals surface area contributed by atoms with E-state index in [4.69, 9.17) is 16.0 Å². The first kappa shape index (κ1) is 20.2. The van der Waals surface area contributed by atoms with Gasteiger partial charge in [-0.1, -0.05) is 53.2 Å². The van der Waals surface area contributed by atoms with Crippen LogP contribution < -0.4 is 5.32 Å². The van der Waals surface area contributed by atoms with Crippen LogP contribution in [0.15, 0.2) is 64.2 Å². The minimum absolute atomic E-state index is 0.113. The second-order valence-electron chi connectivity index (χ2n) is 6.61. The lowest BCUT2D eigenvalue weighted by molar-refractivity contribution is -0.113. The first-order valence-corrected chi connectivity index (χ1v) is 10.5. The van der Waals surface area contributed by atoms with Crippen LogP contribution >= 0.6 is 23.4 Å². The number of hydrogen-bond donors (Lipinski definition) is 1. The van der Waals surface area contributed by atoms with Crippen LogP contribution in [-0.2, 0) is 4.79 Å². The van der Waals surface area contributed by atoms with Gasteiger partial charge < -0.3 is 9.73 Å². The van der Waals surface area contributed by atoms with Crippen molar-refractivity contribution in [2.24, 2.45) is 0 Å². The SMILES string of the molecule is Cc1ccc(-n2nc(C)cc2NC(=O)CSc2nnc(-c3ccccc3Cl)o2)cc1. The maximum absolute atomic E-state index is 12.5. The van der Waals surface area contributed by atoms with E-state index in [1.54, 1.807) is 16.8 Å². The number of thioether (sulfide) groups is 1. The molecule has 0 spiro atoms. The van der Waals surface area contributed by atoms with E-state index in [0.717, 1.165) is 28.7 Å². The lowest BCUT2D eigenvalue weighted by Gasteiger charge is -2.08. The highest BCUT2D eigenvalue weighted by Crippen LogP contribution is 2.28. The van der Waals surface area contributed by atoms with Gasteiger partial charge in [0.05, 0.1) is 27.7 Å². The van der Waals surface area contributed by atoms with Gasteiger partial charge in [-0.2, -0.15) is 5.10 Å². The molecule has 4 rings (SSSR count). The van der Waals surface area contributed by atoms with E-state index in [1.165, 1.54) is 0 Å². The van der Waals surface area contributed by atoms with Crippen molar-refractivity contribution in [3.63, 3.8) is 0 Å². The molecule has 0 aliphatic heterocycles. The number of nitrogens with one attached hydrogen (secondary N) is 1. The molecular formula is C21H18ClN5O2S. The molecule has 0 bridgehead atoms. The number of aromatic nitrogens is 4. The van der Waals surface area contributed by atoms with Gasteiger partial charge in [-0.05, 0) is 38.1 Å². The Labute approximate surface area is 182 Å². The minimum Gasteiger partial charge on any atom is -0.411 e. The zero-order valence-electron chi connectivity index (χ0n) is 16.3. The quantitative estimate of drug-likeness (QED) is 0.429. The molecule has 7 nitrogen and oxygen atoms in total. The van der Waals surface area contributed by atoms with Crippen molar-refractivity contribution in [2.75, 3.05) is 11.1 Å². The molecule has 2 aromatic heterocycles. The first-order valence-electron chi connectivity index (χ1n) is 9.14. The fourth-order valence-corrected chi connectivity index (χ4v) is 3.57. The van der Waals surface area contributed by atoms with E-state index in [2.05, 4.69) is 20.6 Å². The van der Waals surface area contributed by atoms with Gasteiger partial charge in [0.2, 0.25) is 11.8 Å². The number of rotatable bonds is 6. The summed E-state index contributed by atoms with van der Waals surface area (Å²) in [7, 11) is 0. The van der Waals surface area contributed by atoms with Crippen LogP contribution in [0, 0.1) is 13.8 Å². The molecule has 30 heavy (non-hydrogen) atoms. The highest BCUT2D eigenvalue weighted by molar-refractivity contribution is 7.99. The summed E-state index contributed by atoms with van der Waals surface area (Å²) >= 11 is 7.31. The molecule has 0 aliphatic rings. The molecule has 1 N–H and O–H groups in total. The topological polar surface area (TPSA) is 85.8 Å². The van der Waals surface area contributed by atoms with Crippen molar-refractivity contribution in [2.45, 2.75) is 19.1 Å². The monoisotopic (exact) mass is 439 g/mol. The molecular weight excluding hydrogens is 422 g/mol. The number of anilines is 1. The Morgan fingerprint density at radius 1 is 1.13 bits per heavy atom. The number of hydrogen-bond acceptors (Lipinski definition) is 6. The number of nitrogens with zero attached hydrogens (tertiary/aromatic N) is 4. The number of benzene rings is 2. The fraction of sp³-hybridized carbons (Fsp3) is 0.143. The summed E-state index contributed by atoms with van der Waals surface area (Å²) in [5.74, 6) is 0.828. The van der Waals surface area contributed by atoms with Crippen LogP contribution in [0.4, 0.5) is 5.82 Å². The van der Waals surface area contributed by atoms with Crippen molar-refractivity contribution in [1.29, 1.82) is 0 Å². The normalized spacial score (nSPS) is 10.9. The molecule has 0 atom stereocenters. The van der Waals surface area contributed by atoms with Crippen LogP contribution in [0.1, 0.15) is 11.3 Å². The van der Waals surface area contributed by atoms with Crippen LogP contribution in [0.25, 0.3) is 17.1 Å². The maximum Gasteiger partial charge on any atom is 0.277 e. The van der Waals surface area contributed by atoms with Gasteiger partial charge in [0.15, 0.2) is 0 Å². The zero-order valence-corrected chi connectivity index (χ0v) is 17.9. The van der Waals surface area contributed by atoms with E-state index < -0.39 is 0 Å². The molecule has 0 saturated heterocycles. The molecule has 9 heteroatoms. The van der Waals surface area contributed by atoms with Gasteiger partial charge in [-0.3, -0.25) is 4.79 Å². The maximum atomic E-state index is 12.5. The lowest BCUT2D eigenvalue weighted by atomic mass is 10.2. The second kappa shape index (κ2) is 8.73. The Morgan fingerprint density at radius 2 is 1.90 bits per heavy atom. The largest absolute Gasteiger partial charge is 0.411 e. The number of carbonyl (C=O) groups is 1. The average Bonchev–Trinajstić information content (AvgIpc) is 3.34. The molecule has 152 valence electrons. The van der Waals surface area contributed by atoms with Crippen molar-refractivity contribution in [1.82, 2.24) is 20.0 Å². The highest BCUT2D eigenvalue weighted by Gasteiger charge is 2.15. The second-order valence-corrected chi connectivity index (χ2v) is 7.94. The Bertz CT molecular complexity index is 1190. The summed E-state index contributed by atoms with van der Waals surface area (Å²) in [5, 5.41) is 16.2. The number of amides is 1. The Balaban J connectivity index is 1.42. The van der Waals surface area contributed by atoms with Crippen molar-refractivity contribution >= 4 is 35.1 Å². The van der Waals surface area contributed by atoms with Crippen LogP contribution in [-0.4, -0.2) is 31.6 Å². The van der Waals surface area contributed by atoms with Crippen molar-refractivity contribution in [3.05, 3.63) is 70.9 Å². The molecule has 0 saturated carbocycles. The zero-order chi connectivity index (χ0) is 21.1. The summed E-state index contributed by atoms with van der Waals surface area (Å²) in [5.41, 5.74) is 3.48. The van der Waals surface area contributed by atoms with Crippen LogP contribution in [0.5, 0.6) is 0 Å². The summed E-state index contributed by atoms with van der Waals surface area (Å²) in [6.45, 7) is 3.90. The number of halogens is 1. The smallest absolute Gasteiger partial charge is 0.277 e. The average molecular weight is 440 g/mol. The highest BCUT2D eigenvalue weighted by atomic mass is 35.5. The predicted octanol–water partition coefficient (Wildman–Crippen LogP) is 4.92. The van der Waals surface area contributed by atoms with E-state index in [1.807, 2.05) is 56.3 Å². The standard InChI is InChI=1S/C21H18ClN5O2S/c1-13-7-9-15(10-8-13)27-18(11-14(2)26-27)23-19(28)12-30-21-25-24-20(29-21)16-5-3-4-6-17(16)22/h3-11H,12H2,1-2H3,(H,23,28). The summed E-state index contributed by atoms with van der Waals surface area (Å²) < 4.78 is 7.33. The van der Waals surface area contributed by atoms with Crippen LogP contribution in [0.3, 0.4) is 0 Å². The predicted molar refractivity (Wildman–Crippen MR) is 117 cm³/mol. The van der Waals surface area contributed by atoms with Gasteiger partial charge >= 0.3 is 0 Å². The van der Waals surface area contributed by atoms with E-state index in [9.17, 15) is 4.79 Å². The molecule has 1 amide bonds. The van der Waals surface area contributed by atoms with E-state index in [-0.39, 0.29) is 11.7 Å². The third-order valence-electron chi connectivity index (χ3n) is 4.22. The molecule has 2 heterocycles. The minimum atomic E-state index is -0.203. The van der Waals surface area contributed by atoms with Crippen molar-refractivity contribution < 1.29 is 9.21 Å². The van der Waals surface area contributed by atoms with Gasteiger partial charge in [0, 0.05) is 6.07 Å². The lowest BCUT2D eigenvalue weighted by Crippen LogP contribution is -2.17. The molecule has 0 fully saturated rings. The third kappa shape index (κ3) is 4.55. The molecule has 0 radical (unpaired) electrons. The summed E-state index contributed by atoms with van der Waals surface area (Å²) in [6.07, 6.45) is 0. The molecule has 0 unspecified atom stereocenters. The van der Waals surface area contributed by atoms with Crippen molar-refractivity contribution in [3.8, 4) is 17.1 Å². The van der Waals surface area contributed by atoms with E-state index in [0.29, 0.717) is 27.5 Å².